The van der Waals surface area contributed by atoms with Gasteiger partial charge in [-0.3, -0.25) is 9.59 Å². The van der Waals surface area contributed by atoms with Gasteiger partial charge in [0, 0.05) is 38.7 Å². The molecule has 148 valence electrons. The third kappa shape index (κ3) is 4.05. The molecule has 1 N–H and O–H groups in total. The van der Waals surface area contributed by atoms with Gasteiger partial charge in [0.1, 0.15) is 5.75 Å². The van der Waals surface area contributed by atoms with Crippen LogP contribution in [0.25, 0.3) is 0 Å². The SMILES string of the molecule is COCCN1CCCC2(CN(C(=O)c3cccc(O)c3)CC(F)(F)C2)C1=O. The quantitative estimate of drug-likeness (QED) is 0.866. The van der Waals surface area contributed by atoms with E-state index in [9.17, 15) is 23.5 Å². The standard InChI is InChI=1S/C19H24F2N2O4/c1-27-9-8-22-7-3-6-18(17(22)26)11-19(20,21)13-23(12-18)16(25)14-4-2-5-15(24)10-14/h2,4-5,10,24H,3,6-9,11-13H2,1H3. The van der Waals surface area contributed by atoms with Crippen molar-refractivity contribution in [2.24, 2.45) is 5.41 Å². The summed E-state index contributed by atoms with van der Waals surface area (Å²) in [5.41, 5.74) is -1.15. The van der Waals surface area contributed by atoms with E-state index in [0.717, 1.165) is 4.90 Å². The average Bonchev–Trinajstić information content (AvgIpc) is 2.61. The molecule has 0 radical (unpaired) electrons. The first-order valence-corrected chi connectivity index (χ1v) is 9.01. The predicted molar refractivity (Wildman–Crippen MR) is 93.7 cm³/mol. The molecule has 1 aromatic carbocycles. The zero-order chi connectivity index (χ0) is 19.7. The van der Waals surface area contributed by atoms with Gasteiger partial charge in [0.2, 0.25) is 5.91 Å². The van der Waals surface area contributed by atoms with Crippen LogP contribution in [0.2, 0.25) is 0 Å². The highest BCUT2D eigenvalue weighted by molar-refractivity contribution is 5.95. The van der Waals surface area contributed by atoms with E-state index in [1.54, 1.807) is 4.90 Å². The van der Waals surface area contributed by atoms with Crippen molar-refractivity contribution in [3.05, 3.63) is 29.8 Å². The number of methoxy groups -OCH3 is 1. The molecule has 2 fully saturated rings. The lowest BCUT2D eigenvalue weighted by Gasteiger charge is -2.49. The number of halogens is 2. The summed E-state index contributed by atoms with van der Waals surface area (Å²) in [4.78, 5) is 28.4. The molecule has 2 amide bonds. The lowest BCUT2D eigenvalue weighted by Crippen LogP contribution is -2.62. The summed E-state index contributed by atoms with van der Waals surface area (Å²) < 4.78 is 34.1. The van der Waals surface area contributed by atoms with Crippen molar-refractivity contribution in [2.45, 2.75) is 25.2 Å². The van der Waals surface area contributed by atoms with Crippen molar-refractivity contribution in [1.29, 1.82) is 0 Å². The van der Waals surface area contributed by atoms with E-state index in [1.165, 1.54) is 31.4 Å². The Morgan fingerprint density at radius 1 is 1.33 bits per heavy atom. The number of phenolic OH excluding ortho intramolecular Hbond substituents is 1. The molecule has 6 nitrogen and oxygen atoms in total. The van der Waals surface area contributed by atoms with E-state index in [2.05, 4.69) is 0 Å². The fourth-order valence-electron chi connectivity index (χ4n) is 4.15. The largest absolute Gasteiger partial charge is 0.508 e. The first-order chi connectivity index (χ1) is 12.8. The summed E-state index contributed by atoms with van der Waals surface area (Å²) in [6.45, 7) is 0.428. The Morgan fingerprint density at radius 2 is 2.11 bits per heavy atom. The van der Waals surface area contributed by atoms with Gasteiger partial charge in [-0.15, -0.1) is 0 Å². The minimum Gasteiger partial charge on any atom is -0.508 e. The summed E-state index contributed by atoms with van der Waals surface area (Å²) in [5, 5.41) is 9.57. The van der Waals surface area contributed by atoms with Crippen molar-refractivity contribution in [3.63, 3.8) is 0 Å². The number of hydrogen-bond acceptors (Lipinski definition) is 4. The Morgan fingerprint density at radius 3 is 2.81 bits per heavy atom. The van der Waals surface area contributed by atoms with E-state index in [4.69, 9.17) is 4.74 Å². The van der Waals surface area contributed by atoms with Crippen LogP contribution in [0.3, 0.4) is 0 Å². The van der Waals surface area contributed by atoms with Crippen LogP contribution in [0.4, 0.5) is 8.78 Å². The molecule has 0 aromatic heterocycles. The third-order valence-corrected chi connectivity index (χ3v) is 5.28. The Bertz CT molecular complexity index is 727. The van der Waals surface area contributed by atoms with Gasteiger partial charge in [-0.25, -0.2) is 8.78 Å². The molecular weight excluding hydrogens is 358 g/mol. The molecule has 0 saturated carbocycles. The monoisotopic (exact) mass is 382 g/mol. The molecule has 1 atom stereocenters. The third-order valence-electron chi connectivity index (χ3n) is 5.28. The molecule has 1 aromatic rings. The van der Waals surface area contributed by atoms with Gasteiger partial charge in [0.05, 0.1) is 18.6 Å². The Balaban J connectivity index is 1.86. The second-order valence-corrected chi connectivity index (χ2v) is 7.41. The smallest absolute Gasteiger partial charge is 0.266 e. The number of piperidine rings is 2. The highest BCUT2D eigenvalue weighted by atomic mass is 19.3. The number of amides is 2. The van der Waals surface area contributed by atoms with Gasteiger partial charge < -0.3 is 19.6 Å². The van der Waals surface area contributed by atoms with Crippen LogP contribution in [-0.2, 0) is 9.53 Å². The number of nitrogens with zero attached hydrogens (tertiary/aromatic N) is 2. The molecule has 2 heterocycles. The van der Waals surface area contributed by atoms with Crippen LogP contribution in [0.15, 0.2) is 24.3 Å². The maximum Gasteiger partial charge on any atom is 0.266 e. The topological polar surface area (TPSA) is 70.1 Å². The van der Waals surface area contributed by atoms with Crippen molar-refractivity contribution in [3.8, 4) is 5.75 Å². The lowest BCUT2D eigenvalue weighted by molar-refractivity contribution is -0.166. The number of benzene rings is 1. The molecule has 8 heteroatoms. The number of hydrogen-bond donors (Lipinski definition) is 1. The fraction of sp³-hybridized carbons (Fsp3) is 0.579. The van der Waals surface area contributed by atoms with Gasteiger partial charge in [0.15, 0.2) is 0 Å². The molecular formula is C19H24F2N2O4. The van der Waals surface area contributed by atoms with Crippen LogP contribution in [0.1, 0.15) is 29.6 Å². The summed E-state index contributed by atoms with van der Waals surface area (Å²) in [6, 6.07) is 5.60. The van der Waals surface area contributed by atoms with E-state index in [-0.39, 0.29) is 23.8 Å². The number of likely N-dealkylation sites (tertiary alicyclic amines) is 2. The number of ether oxygens (including phenoxy) is 1. The van der Waals surface area contributed by atoms with Crippen LogP contribution in [0.5, 0.6) is 5.75 Å². The number of carbonyl (C=O) groups excluding carboxylic acids is 2. The first kappa shape index (κ1) is 19.5. The highest BCUT2D eigenvalue weighted by Gasteiger charge is 2.56. The highest BCUT2D eigenvalue weighted by Crippen LogP contribution is 2.45. The Labute approximate surface area is 156 Å². The summed E-state index contributed by atoms with van der Waals surface area (Å²) in [7, 11) is 1.52. The average molecular weight is 382 g/mol. The molecule has 2 saturated heterocycles. The molecule has 1 spiro atoms. The molecule has 0 bridgehead atoms. The Hall–Kier alpha value is -2.22. The molecule has 0 aliphatic carbocycles. The van der Waals surface area contributed by atoms with Gasteiger partial charge in [0.25, 0.3) is 11.8 Å². The van der Waals surface area contributed by atoms with Crippen LogP contribution in [-0.4, -0.2) is 72.5 Å². The minimum atomic E-state index is -3.15. The molecule has 27 heavy (non-hydrogen) atoms. The second-order valence-electron chi connectivity index (χ2n) is 7.41. The number of aromatic hydroxyl groups is 1. The molecule has 3 rings (SSSR count). The number of carbonyl (C=O) groups is 2. The number of phenols is 1. The first-order valence-electron chi connectivity index (χ1n) is 9.01. The van der Waals surface area contributed by atoms with Crippen LogP contribution >= 0.6 is 0 Å². The fourth-order valence-corrected chi connectivity index (χ4v) is 4.15. The maximum atomic E-state index is 14.6. The minimum absolute atomic E-state index is 0.0423. The van der Waals surface area contributed by atoms with Gasteiger partial charge in [-0.05, 0) is 31.0 Å². The van der Waals surface area contributed by atoms with E-state index >= 15 is 0 Å². The maximum absolute atomic E-state index is 14.6. The molecule has 1 unspecified atom stereocenters. The van der Waals surface area contributed by atoms with Gasteiger partial charge in [-0.2, -0.15) is 0 Å². The van der Waals surface area contributed by atoms with Crippen molar-refractivity contribution >= 4 is 11.8 Å². The summed E-state index contributed by atoms with van der Waals surface area (Å²) in [5.74, 6) is -4.20. The van der Waals surface area contributed by atoms with Crippen molar-refractivity contribution < 1.29 is 28.2 Å². The number of rotatable bonds is 4. The van der Waals surface area contributed by atoms with E-state index in [1.807, 2.05) is 0 Å². The summed E-state index contributed by atoms with van der Waals surface area (Å²) >= 11 is 0. The Kier molecular flexibility index (Phi) is 5.37. The normalized spacial score (nSPS) is 25.1. The van der Waals surface area contributed by atoms with Gasteiger partial charge >= 0.3 is 0 Å². The van der Waals surface area contributed by atoms with Crippen LogP contribution in [0, 0.1) is 5.41 Å². The zero-order valence-electron chi connectivity index (χ0n) is 15.3. The van der Waals surface area contributed by atoms with E-state index in [0.29, 0.717) is 32.5 Å². The van der Waals surface area contributed by atoms with Crippen molar-refractivity contribution in [1.82, 2.24) is 9.80 Å². The lowest BCUT2D eigenvalue weighted by atomic mass is 9.71. The summed E-state index contributed by atoms with van der Waals surface area (Å²) in [6.07, 6.45) is 0.389. The number of alkyl halides is 2. The van der Waals surface area contributed by atoms with Gasteiger partial charge in [-0.1, -0.05) is 6.07 Å². The molecule has 2 aliphatic rings. The van der Waals surface area contributed by atoms with Crippen molar-refractivity contribution in [2.75, 3.05) is 39.9 Å². The zero-order valence-corrected chi connectivity index (χ0v) is 15.3. The van der Waals surface area contributed by atoms with Crippen LogP contribution < -0.4 is 0 Å². The van der Waals surface area contributed by atoms with E-state index < -0.39 is 30.2 Å². The molecule has 2 aliphatic heterocycles. The predicted octanol–water partition coefficient (Wildman–Crippen LogP) is 2.13. The second kappa shape index (κ2) is 7.42.